The first-order valence-corrected chi connectivity index (χ1v) is 6.43. The summed E-state index contributed by atoms with van der Waals surface area (Å²) in [6.07, 6.45) is 0. The SMILES string of the molecule is Fc1ccc(NC(=S)Nc2ccccc2Br)cc1. The predicted octanol–water partition coefficient (Wildman–Crippen LogP) is 4.40. The van der Waals surface area contributed by atoms with E-state index in [0.717, 1.165) is 15.8 Å². The highest BCUT2D eigenvalue weighted by atomic mass is 79.9. The lowest BCUT2D eigenvalue weighted by molar-refractivity contribution is 0.628. The molecule has 92 valence electrons. The van der Waals surface area contributed by atoms with Gasteiger partial charge in [-0.1, -0.05) is 12.1 Å². The lowest BCUT2D eigenvalue weighted by atomic mass is 10.3. The molecular formula is C13H10BrFN2S. The zero-order valence-corrected chi connectivity index (χ0v) is 11.7. The molecule has 0 aliphatic heterocycles. The third-order valence-electron chi connectivity index (χ3n) is 2.22. The second-order valence-electron chi connectivity index (χ2n) is 3.57. The average molecular weight is 325 g/mol. The molecule has 18 heavy (non-hydrogen) atoms. The van der Waals surface area contributed by atoms with Crippen molar-refractivity contribution >= 4 is 44.6 Å². The fraction of sp³-hybridized carbons (Fsp3) is 0. The van der Waals surface area contributed by atoms with Crippen LogP contribution in [0.3, 0.4) is 0 Å². The molecule has 0 fully saturated rings. The first kappa shape index (κ1) is 13.0. The second-order valence-corrected chi connectivity index (χ2v) is 4.83. The number of anilines is 2. The van der Waals surface area contributed by atoms with Gasteiger partial charge in [-0.3, -0.25) is 0 Å². The smallest absolute Gasteiger partial charge is 0.175 e. The van der Waals surface area contributed by atoms with Crippen molar-refractivity contribution in [3.63, 3.8) is 0 Å². The second kappa shape index (κ2) is 5.93. The molecule has 0 heterocycles. The zero-order valence-electron chi connectivity index (χ0n) is 9.28. The number of hydrogen-bond acceptors (Lipinski definition) is 1. The van der Waals surface area contributed by atoms with Crippen molar-refractivity contribution in [3.8, 4) is 0 Å². The van der Waals surface area contributed by atoms with Gasteiger partial charge in [-0.15, -0.1) is 0 Å². The largest absolute Gasteiger partial charge is 0.332 e. The topological polar surface area (TPSA) is 24.1 Å². The minimum Gasteiger partial charge on any atom is -0.332 e. The van der Waals surface area contributed by atoms with Crippen LogP contribution in [0.5, 0.6) is 0 Å². The summed E-state index contributed by atoms with van der Waals surface area (Å²) in [6, 6.07) is 13.7. The first-order valence-electron chi connectivity index (χ1n) is 5.23. The summed E-state index contributed by atoms with van der Waals surface area (Å²) in [7, 11) is 0. The van der Waals surface area contributed by atoms with E-state index in [1.165, 1.54) is 12.1 Å². The summed E-state index contributed by atoms with van der Waals surface area (Å²) in [5, 5.41) is 6.48. The molecule has 0 radical (unpaired) electrons. The van der Waals surface area contributed by atoms with E-state index >= 15 is 0 Å². The molecule has 2 aromatic rings. The maximum atomic E-state index is 12.7. The fourth-order valence-corrected chi connectivity index (χ4v) is 1.99. The molecule has 0 spiro atoms. The van der Waals surface area contributed by atoms with Gasteiger partial charge in [-0.2, -0.15) is 0 Å². The molecule has 0 saturated carbocycles. The van der Waals surface area contributed by atoms with Crippen LogP contribution >= 0.6 is 28.1 Å². The van der Waals surface area contributed by atoms with E-state index in [9.17, 15) is 4.39 Å². The van der Waals surface area contributed by atoms with Crippen LogP contribution in [0.1, 0.15) is 0 Å². The third-order valence-corrected chi connectivity index (χ3v) is 3.12. The summed E-state index contributed by atoms with van der Waals surface area (Å²) >= 11 is 8.59. The van der Waals surface area contributed by atoms with Gasteiger partial charge in [0.2, 0.25) is 0 Å². The Morgan fingerprint density at radius 3 is 2.33 bits per heavy atom. The Labute approximate surface area is 118 Å². The fourth-order valence-electron chi connectivity index (χ4n) is 1.38. The summed E-state index contributed by atoms with van der Waals surface area (Å²) in [4.78, 5) is 0. The molecule has 0 amide bonds. The minimum absolute atomic E-state index is 0.273. The Balaban J connectivity index is 2.01. The van der Waals surface area contributed by atoms with Crippen LogP contribution in [0.15, 0.2) is 53.0 Å². The molecule has 2 rings (SSSR count). The van der Waals surface area contributed by atoms with Crippen LogP contribution in [0.4, 0.5) is 15.8 Å². The lowest BCUT2D eigenvalue weighted by Gasteiger charge is -2.11. The van der Waals surface area contributed by atoms with Crippen LogP contribution in [0.25, 0.3) is 0 Å². The normalized spacial score (nSPS) is 9.89. The van der Waals surface area contributed by atoms with E-state index in [2.05, 4.69) is 26.6 Å². The molecule has 2 N–H and O–H groups in total. The van der Waals surface area contributed by atoms with Gasteiger partial charge in [0, 0.05) is 10.2 Å². The van der Waals surface area contributed by atoms with Gasteiger partial charge in [-0.05, 0) is 64.5 Å². The highest BCUT2D eigenvalue weighted by Crippen LogP contribution is 2.21. The van der Waals surface area contributed by atoms with Crippen molar-refractivity contribution in [2.24, 2.45) is 0 Å². The van der Waals surface area contributed by atoms with Gasteiger partial charge in [0.05, 0.1) is 5.69 Å². The number of rotatable bonds is 2. The van der Waals surface area contributed by atoms with E-state index in [-0.39, 0.29) is 5.82 Å². The number of nitrogens with one attached hydrogen (secondary N) is 2. The van der Waals surface area contributed by atoms with Crippen molar-refractivity contribution in [2.75, 3.05) is 10.6 Å². The summed E-state index contributed by atoms with van der Waals surface area (Å²) in [5.74, 6) is -0.273. The Kier molecular flexibility index (Phi) is 4.28. The van der Waals surface area contributed by atoms with Gasteiger partial charge in [0.25, 0.3) is 0 Å². The molecule has 0 aliphatic carbocycles. The predicted molar refractivity (Wildman–Crippen MR) is 80.4 cm³/mol. The average Bonchev–Trinajstić information content (AvgIpc) is 2.35. The Morgan fingerprint density at radius 1 is 1.00 bits per heavy atom. The van der Waals surface area contributed by atoms with Crippen molar-refractivity contribution in [2.45, 2.75) is 0 Å². The molecule has 0 unspecified atom stereocenters. The number of hydrogen-bond donors (Lipinski definition) is 2. The standard InChI is InChI=1S/C13H10BrFN2S/c14-11-3-1-2-4-12(11)17-13(18)16-10-7-5-9(15)6-8-10/h1-8H,(H2,16,17,18). The van der Waals surface area contributed by atoms with E-state index in [1.54, 1.807) is 12.1 Å². The molecule has 0 aliphatic rings. The van der Waals surface area contributed by atoms with Gasteiger partial charge in [0.1, 0.15) is 5.82 Å². The molecule has 0 atom stereocenters. The molecular weight excluding hydrogens is 315 g/mol. The Hall–Kier alpha value is -1.46. The number of thiocarbonyl (C=S) groups is 1. The van der Waals surface area contributed by atoms with Crippen molar-refractivity contribution in [1.82, 2.24) is 0 Å². The minimum atomic E-state index is -0.273. The zero-order chi connectivity index (χ0) is 13.0. The molecule has 0 bridgehead atoms. The van der Waals surface area contributed by atoms with Crippen LogP contribution < -0.4 is 10.6 Å². The van der Waals surface area contributed by atoms with Crippen LogP contribution in [-0.4, -0.2) is 5.11 Å². The van der Waals surface area contributed by atoms with Gasteiger partial charge >= 0.3 is 0 Å². The Bertz CT molecular complexity index is 557. The van der Waals surface area contributed by atoms with E-state index in [1.807, 2.05) is 24.3 Å². The van der Waals surface area contributed by atoms with E-state index in [4.69, 9.17) is 12.2 Å². The number of benzene rings is 2. The maximum absolute atomic E-state index is 12.7. The van der Waals surface area contributed by atoms with Gasteiger partial charge < -0.3 is 10.6 Å². The quantitative estimate of drug-likeness (QED) is 0.801. The summed E-state index contributed by atoms with van der Waals surface area (Å²) in [5.41, 5.74) is 1.61. The van der Waals surface area contributed by atoms with Gasteiger partial charge in [-0.25, -0.2) is 4.39 Å². The van der Waals surface area contributed by atoms with Crippen LogP contribution in [-0.2, 0) is 0 Å². The van der Waals surface area contributed by atoms with Crippen LogP contribution in [0.2, 0.25) is 0 Å². The van der Waals surface area contributed by atoms with Crippen molar-refractivity contribution in [3.05, 3.63) is 58.8 Å². The number of halogens is 2. The third kappa shape index (κ3) is 3.51. The van der Waals surface area contributed by atoms with Crippen LogP contribution in [0, 0.1) is 5.82 Å². The van der Waals surface area contributed by atoms with Crippen molar-refractivity contribution in [1.29, 1.82) is 0 Å². The van der Waals surface area contributed by atoms with E-state index < -0.39 is 0 Å². The highest BCUT2D eigenvalue weighted by molar-refractivity contribution is 9.10. The lowest BCUT2D eigenvalue weighted by Crippen LogP contribution is -2.19. The molecule has 2 aromatic carbocycles. The molecule has 0 saturated heterocycles. The Morgan fingerprint density at radius 2 is 1.67 bits per heavy atom. The summed E-state index contributed by atoms with van der Waals surface area (Å²) < 4.78 is 13.7. The first-order chi connectivity index (χ1) is 8.65. The summed E-state index contributed by atoms with van der Waals surface area (Å²) in [6.45, 7) is 0. The van der Waals surface area contributed by atoms with E-state index in [0.29, 0.717) is 5.11 Å². The monoisotopic (exact) mass is 324 g/mol. The molecule has 5 heteroatoms. The number of para-hydroxylation sites is 1. The molecule has 0 aromatic heterocycles. The maximum Gasteiger partial charge on any atom is 0.175 e. The van der Waals surface area contributed by atoms with Gasteiger partial charge in [0.15, 0.2) is 5.11 Å². The van der Waals surface area contributed by atoms with Crippen molar-refractivity contribution < 1.29 is 4.39 Å². The molecule has 2 nitrogen and oxygen atoms in total. The highest BCUT2D eigenvalue weighted by Gasteiger charge is 2.01.